The Balaban J connectivity index is 0.000000274. The van der Waals surface area contributed by atoms with Crippen LogP contribution in [-0.2, 0) is 70.5 Å². The molecule has 0 saturated carbocycles. The molecule has 0 N–H and O–H groups in total. The normalized spacial score (nSPS) is 12.8. The van der Waals surface area contributed by atoms with E-state index in [0.717, 1.165) is 57.9 Å². The molecule has 0 heterocycles. The van der Waals surface area contributed by atoms with Crippen molar-refractivity contribution in [3.63, 3.8) is 0 Å². The summed E-state index contributed by atoms with van der Waals surface area (Å²) in [5, 5.41) is 55.1. The Kier molecular flexibility index (Phi) is 20.4. The smallest absolute Gasteiger partial charge is 0.872 e. The van der Waals surface area contributed by atoms with Crippen LogP contribution in [0.2, 0.25) is 0 Å². The van der Waals surface area contributed by atoms with Gasteiger partial charge in [0.1, 0.15) is 0 Å². The van der Waals surface area contributed by atoms with Gasteiger partial charge in [0, 0.05) is 23.6 Å². The van der Waals surface area contributed by atoms with Crippen molar-refractivity contribution in [1.82, 2.24) is 0 Å². The molecule has 0 aliphatic heterocycles. The Morgan fingerprint density at radius 3 is 0.895 bits per heavy atom. The second kappa shape index (κ2) is 25.9. The Hall–Kier alpha value is -6.76. The summed E-state index contributed by atoms with van der Waals surface area (Å²) in [7, 11) is 0. The zero-order valence-electron chi connectivity index (χ0n) is 41.6. The average Bonchev–Trinajstić information content (AvgIpc) is 3.37. The van der Waals surface area contributed by atoms with Crippen molar-refractivity contribution in [3.8, 4) is 11.5 Å². The van der Waals surface area contributed by atoms with E-state index in [0.29, 0.717) is 22.3 Å². The van der Waals surface area contributed by atoms with Crippen LogP contribution in [0, 0.1) is 27.7 Å². The maximum atomic E-state index is 15.0. The molecule has 0 spiro atoms. The molecule has 6 nitrogen and oxygen atoms in total. The fourth-order valence-corrected chi connectivity index (χ4v) is 8.69. The van der Waals surface area contributed by atoms with E-state index in [4.69, 9.17) is 0 Å². The Morgan fingerprint density at radius 2 is 0.645 bits per heavy atom. The van der Waals surface area contributed by atoms with Gasteiger partial charge in [0.2, 0.25) is 0 Å². The molecule has 0 aromatic heterocycles. The van der Waals surface area contributed by atoms with Gasteiger partial charge in [0.25, 0.3) is 0 Å². The number of hydrogen-bond acceptors (Lipinski definition) is 6. The SMILES string of the molecule is Cc1ccc(C([O-])(c2ccc(C)cc2)[C@H](Cc2ccccc2)N=Cc2cccc(C(F)(F)F)c2[O-])cc1.Cc1ccc(C([O-])(c2ccc(C)cc2)[C@H](Cc2ccccc2)N=Cc2cccc(C(F)(F)F)c2[O-])cc1.[Cu+2].[Cu+2]. The van der Waals surface area contributed by atoms with E-state index < -0.39 is 58.3 Å². The molecule has 8 aromatic rings. The van der Waals surface area contributed by atoms with Crippen molar-refractivity contribution in [1.29, 1.82) is 0 Å². The fourth-order valence-electron chi connectivity index (χ4n) is 8.69. The van der Waals surface area contributed by atoms with Crippen LogP contribution in [0.15, 0.2) is 204 Å². The van der Waals surface area contributed by atoms with Crippen LogP contribution in [0.1, 0.15) is 77.9 Å². The van der Waals surface area contributed by atoms with Crippen LogP contribution in [0.4, 0.5) is 26.3 Å². The third-order valence-corrected chi connectivity index (χ3v) is 12.9. The number of aliphatic imine (C=N–C) groups is 2. The van der Waals surface area contributed by atoms with Gasteiger partial charge in [0.15, 0.2) is 0 Å². The van der Waals surface area contributed by atoms with Crippen LogP contribution in [-0.4, -0.2) is 24.5 Å². The van der Waals surface area contributed by atoms with Crippen LogP contribution < -0.4 is 20.4 Å². The third-order valence-electron chi connectivity index (χ3n) is 12.9. The molecule has 76 heavy (non-hydrogen) atoms. The van der Waals surface area contributed by atoms with E-state index in [2.05, 4.69) is 9.98 Å². The fraction of sp³-hybridized carbons (Fsp3) is 0.194. The van der Waals surface area contributed by atoms with Gasteiger partial charge in [-0.3, -0.25) is 9.98 Å². The van der Waals surface area contributed by atoms with Gasteiger partial charge >= 0.3 is 46.5 Å². The number of alkyl halides is 6. The summed E-state index contributed by atoms with van der Waals surface area (Å²) < 4.78 is 79.9. The Labute approximate surface area is 460 Å². The van der Waals surface area contributed by atoms with Crippen LogP contribution in [0.5, 0.6) is 11.5 Å². The molecule has 2 atom stereocenters. The van der Waals surface area contributed by atoms with Crippen molar-refractivity contribution in [2.75, 3.05) is 0 Å². The van der Waals surface area contributed by atoms with Gasteiger partial charge in [-0.2, -0.15) is 26.3 Å². The maximum Gasteiger partial charge on any atom is 2.00 e. The quantitative estimate of drug-likeness (QED) is 0.0612. The number of halogens is 6. The monoisotopic (exact) mass is 1130 g/mol. The molecule has 0 aliphatic rings. The van der Waals surface area contributed by atoms with Gasteiger partial charge in [-0.15, -0.1) is 0 Å². The van der Waals surface area contributed by atoms with Gasteiger partial charge < -0.3 is 20.4 Å². The first-order chi connectivity index (χ1) is 35.2. The number of nitrogens with zero attached hydrogens (tertiary/aromatic N) is 2. The van der Waals surface area contributed by atoms with Gasteiger partial charge in [-0.1, -0.05) is 250 Å². The minimum absolute atomic E-state index is 0. The Bertz CT molecular complexity index is 2860. The van der Waals surface area contributed by atoms with Crippen LogP contribution in [0.25, 0.3) is 0 Å². The third kappa shape index (κ3) is 14.4. The molecule has 2 radical (unpaired) electrons. The number of rotatable bonds is 14. The molecule has 0 bridgehead atoms. The van der Waals surface area contributed by atoms with E-state index in [9.17, 15) is 46.8 Å². The molecule has 0 amide bonds. The summed E-state index contributed by atoms with van der Waals surface area (Å²) in [6.45, 7) is 7.69. The summed E-state index contributed by atoms with van der Waals surface area (Å²) in [4.78, 5) is 9.08. The number of para-hydroxylation sites is 2. The second-order valence-electron chi connectivity index (χ2n) is 18.3. The van der Waals surface area contributed by atoms with Crippen LogP contribution in [0.3, 0.4) is 0 Å². The van der Waals surface area contributed by atoms with Crippen LogP contribution >= 0.6 is 0 Å². The first kappa shape index (κ1) is 60.1. The summed E-state index contributed by atoms with van der Waals surface area (Å²) in [5.74, 6) is -2.33. The van der Waals surface area contributed by atoms with Crippen molar-refractivity contribution in [3.05, 3.63) is 272 Å². The largest absolute Gasteiger partial charge is 2.00 e. The van der Waals surface area contributed by atoms with Crippen molar-refractivity contribution in [2.24, 2.45) is 9.98 Å². The average molecular weight is 1130 g/mol. The minimum Gasteiger partial charge on any atom is -0.872 e. The molecular formula is C62H52Cu2F6N2O4. The maximum absolute atomic E-state index is 15.0. The number of aryl methyl sites for hydroxylation is 4. The van der Waals surface area contributed by atoms with E-state index in [1.165, 1.54) is 24.3 Å². The van der Waals surface area contributed by atoms with E-state index in [1.54, 1.807) is 48.5 Å². The summed E-state index contributed by atoms with van der Waals surface area (Å²) in [5.41, 5.74) is 0.819. The number of hydrogen-bond donors (Lipinski definition) is 0. The zero-order valence-corrected chi connectivity index (χ0v) is 43.5. The first-order valence-electron chi connectivity index (χ1n) is 23.8. The zero-order chi connectivity index (χ0) is 53.3. The number of benzene rings is 8. The van der Waals surface area contributed by atoms with Crippen molar-refractivity contribution >= 4 is 12.4 Å². The Morgan fingerprint density at radius 1 is 0.382 bits per heavy atom. The summed E-state index contributed by atoms with van der Waals surface area (Å²) >= 11 is 0. The molecule has 8 rings (SSSR count). The van der Waals surface area contributed by atoms with E-state index >= 15 is 0 Å². The van der Waals surface area contributed by atoms with Crippen molar-refractivity contribution < 1.29 is 80.9 Å². The molecule has 0 fully saturated rings. The van der Waals surface area contributed by atoms with E-state index in [-0.39, 0.29) is 58.1 Å². The van der Waals surface area contributed by atoms with Crippen molar-refractivity contribution in [2.45, 2.75) is 76.2 Å². The molecule has 0 aliphatic carbocycles. The molecule has 0 saturated heterocycles. The van der Waals surface area contributed by atoms with Gasteiger partial charge in [0.05, 0.1) is 12.1 Å². The molecule has 398 valence electrons. The predicted octanol–water partition coefficient (Wildman–Crippen LogP) is 11.5. The molecule has 14 heteroatoms. The first-order valence-corrected chi connectivity index (χ1v) is 23.8. The molecule has 8 aromatic carbocycles. The topological polar surface area (TPSA) is 117 Å². The standard InChI is InChI=1S/2C31H27F3NO2.2Cu/c2*1-21-11-15-25(16-12-21)30(37,26-17-13-22(2)14-18-26)28(19-23-7-4-3-5-8-23)35-20-24-9-6-10-27(29(24)36)31(32,33)34;;/h2*3-18,20,28,36H,19H2,1-2H3;;/q2*-1;2*+2/p-2/t2*28-;;/m00../s1. The second-order valence-corrected chi connectivity index (χ2v) is 18.3. The predicted molar refractivity (Wildman–Crippen MR) is 271 cm³/mol. The minimum atomic E-state index is -4.78. The van der Waals surface area contributed by atoms with Gasteiger partial charge in [-0.05, 0) is 74.0 Å². The molecule has 0 unspecified atom stereocenters. The molecular weight excluding hydrogens is 1080 g/mol. The van der Waals surface area contributed by atoms with Gasteiger partial charge in [-0.25, -0.2) is 0 Å². The van der Waals surface area contributed by atoms with E-state index in [1.807, 2.05) is 137 Å². The summed E-state index contributed by atoms with van der Waals surface area (Å²) in [6.07, 6.45) is -6.90. The summed E-state index contributed by atoms with van der Waals surface area (Å²) in [6, 6.07) is 52.0.